The molecule has 6 nitrogen and oxygen atoms in total. The van der Waals surface area contributed by atoms with Gasteiger partial charge in [-0.25, -0.2) is 4.79 Å². The van der Waals surface area contributed by atoms with Crippen molar-refractivity contribution >= 4 is 17.3 Å². The van der Waals surface area contributed by atoms with Crippen LogP contribution >= 0.6 is 0 Å². The molecule has 2 aromatic carbocycles. The quantitative estimate of drug-likeness (QED) is 0.650. The van der Waals surface area contributed by atoms with Gasteiger partial charge in [0.25, 0.3) is 5.69 Å². The van der Waals surface area contributed by atoms with E-state index in [0.29, 0.717) is 12.2 Å². The first-order chi connectivity index (χ1) is 9.95. The topological polar surface area (TPSA) is 92.5 Å². The van der Waals surface area contributed by atoms with E-state index in [1.165, 1.54) is 24.3 Å². The van der Waals surface area contributed by atoms with Crippen molar-refractivity contribution < 1.29 is 14.8 Å². The second kappa shape index (κ2) is 6.04. The van der Waals surface area contributed by atoms with Crippen LogP contribution in [-0.4, -0.2) is 16.0 Å². The summed E-state index contributed by atoms with van der Waals surface area (Å²) in [5.41, 5.74) is 2.62. The van der Waals surface area contributed by atoms with Crippen LogP contribution in [0.3, 0.4) is 0 Å². The summed E-state index contributed by atoms with van der Waals surface area (Å²) in [4.78, 5) is 21.1. The Kier molecular flexibility index (Phi) is 4.18. The van der Waals surface area contributed by atoms with Gasteiger partial charge in [0.05, 0.1) is 10.5 Å². The molecule has 0 saturated carbocycles. The van der Waals surface area contributed by atoms with Crippen molar-refractivity contribution in [3.05, 3.63) is 69.3 Å². The van der Waals surface area contributed by atoms with Gasteiger partial charge in [-0.15, -0.1) is 0 Å². The molecular weight excluding hydrogens is 272 g/mol. The number of rotatable bonds is 5. The third kappa shape index (κ3) is 3.79. The van der Waals surface area contributed by atoms with E-state index in [2.05, 4.69) is 5.32 Å². The summed E-state index contributed by atoms with van der Waals surface area (Å²) in [7, 11) is 0. The SMILES string of the molecule is Cc1cc(NCc2ccc(C(=O)O)cc2)cc([N+](=O)[O-])c1. The van der Waals surface area contributed by atoms with Crippen molar-refractivity contribution in [2.45, 2.75) is 13.5 Å². The maximum Gasteiger partial charge on any atom is 0.335 e. The highest BCUT2D eigenvalue weighted by Crippen LogP contribution is 2.21. The molecule has 21 heavy (non-hydrogen) atoms. The Balaban J connectivity index is 2.09. The fourth-order valence-corrected chi connectivity index (χ4v) is 1.94. The van der Waals surface area contributed by atoms with Crippen LogP contribution < -0.4 is 5.32 Å². The highest BCUT2D eigenvalue weighted by atomic mass is 16.6. The van der Waals surface area contributed by atoms with E-state index >= 15 is 0 Å². The molecule has 0 fully saturated rings. The number of carboxylic acids is 1. The number of nitrogens with zero attached hydrogens (tertiary/aromatic N) is 1. The summed E-state index contributed by atoms with van der Waals surface area (Å²) in [5.74, 6) is -0.969. The lowest BCUT2D eigenvalue weighted by atomic mass is 10.1. The first kappa shape index (κ1) is 14.5. The number of nitrogens with one attached hydrogen (secondary N) is 1. The molecule has 0 aromatic heterocycles. The molecule has 6 heteroatoms. The van der Waals surface area contributed by atoms with Gasteiger partial charge in [-0.3, -0.25) is 10.1 Å². The fraction of sp³-hybridized carbons (Fsp3) is 0.133. The zero-order valence-corrected chi connectivity index (χ0v) is 11.4. The van der Waals surface area contributed by atoms with Crippen LogP contribution in [0.2, 0.25) is 0 Å². The van der Waals surface area contributed by atoms with Gasteiger partial charge >= 0.3 is 5.97 Å². The second-order valence-corrected chi connectivity index (χ2v) is 4.67. The van der Waals surface area contributed by atoms with Crippen LogP contribution in [0.4, 0.5) is 11.4 Å². The van der Waals surface area contributed by atoms with E-state index in [1.54, 1.807) is 19.1 Å². The average molecular weight is 286 g/mol. The van der Waals surface area contributed by atoms with Gasteiger partial charge in [0, 0.05) is 24.4 Å². The summed E-state index contributed by atoms with van der Waals surface area (Å²) < 4.78 is 0. The number of hydrogen-bond donors (Lipinski definition) is 2. The molecule has 2 aromatic rings. The second-order valence-electron chi connectivity index (χ2n) is 4.67. The van der Waals surface area contributed by atoms with Crippen molar-refractivity contribution in [1.82, 2.24) is 0 Å². The van der Waals surface area contributed by atoms with E-state index in [0.717, 1.165) is 11.1 Å². The first-order valence-electron chi connectivity index (χ1n) is 6.28. The first-order valence-corrected chi connectivity index (χ1v) is 6.28. The number of nitro groups is 1. The Hall–Kier alpha value is -2.89. The number of benzene rings is 2. The maximum atomic E-state index is 10.8. The van der Waals surface area contributed by atoms with Crippen molar-refractivity contribution in [2.75, 3.05) is 5.32 Å². The van der Waals surface area contributed by atoms with E-state index in [-0.39, 0.29) is 11.3 Å². The van der Waals surface area contributed by atoms with Crippen LogP contribution in [-0.2, 0) is 6.54 Å². The van der Waals surface area contributed by atoms with Crippen LogP contribution in [0.5, 0.6) is 0 Å². The molecule has 0 aliphatic rings. The van der Waals surface area contributed by atoms with Gasteiger partial charge in [0.1, 0.15) is 0 Å². The van der Waals surface area contributed by atoms with Gasteiger partial charge in [0.2, 0.25) is 0 Å². The van der Waals surface area contributed by atoms with Crippen molar-refractivity contribution in [3.63, 3.8) is 0 Å². The lowest BCUT2D eigenvalue weighted by Gasteiger charge is -2.08. The molecular formula is C15H14N2O4. The van der Waals surface area contributed by atoms with E-state index in [9.17, 15) is 14.9 Å². The standard InChI is InChI=1S/C15H14N2O4/c1-10-6-13(8-14(7-10)17(20)21)16-9-11-2-4-12(5-3-11)15(18)19/h2-8,16H,9H2,1H3,(H,18,19). The molecule has 0 heterocycles. The monoisotopic (exact) mass is 286 g/mol. The van der Waals surface area contributed by atoms with Gasteiger partial charge in [0.15, 0.2) is 0 Å². The third-order valence-corrected chi connectivity index (χ3v) is 2.97. The Morgan fingerprint density at radius 2 is 1.90 bits per heavy atom. The molecule has 0 aliphatic carbocycles. The highest BCUT2D eigenvalue weighted by molar-refractivity contribution is 5.87. The average Bonchev–Trinajstić information content (AvgIpc) is 2.45. The molecule has 0 unspecified atom stereocenters. The summed E-state index contributed by atoms with van der Waals surface area (Å²) in [5, 5.41) is 22.7. The molecule has 2 rings (SSSR count). The number of hydrogen-bond acceptors (Lipinski definition) is 4. The molecule has 0 radical (unpaired) electrons. The predicted octanol–water partition coefficient (Wildman–Crippen LogP) is 3.21. The maximum absolute atomic E-state index is 10.8. The number of aromatic carboxylic acids is 1. The van der Waals surface area contributed by atoms with Crippen LogP contribution in [0.25, 0.3) is 0 Å². The van der Waals surface area contributed by atoms with Gasteiger partial charge in [-0.1, -0.05) is 12.1 Å². The fourth-order valence-electron chi connectivity index (χ4n) is 1.94. The third-order valence-electron chi connectivity index (χ3n) is 2.97. The van der Waals surface area contributed by atoms with Crippen molar-refractivity contribution in [1.29, 1.82) is 0 Å². The van der Waals surface area contributed by atoms with Gasteiger partial charge in [-0.2, -0.15) is 0 Å². The summed E-state index contributed by atoms with van der Waals surface area (Å²) in [6, 6.07) is 11.3. The Morgan fingerprint density at radius 1 is 1.24 bits per heavy atom. The van der Waals surface area contributed by atoms with Gasteiger partial charge in [-0.05, 0) is 36.2 Å². The molecule has 0 atom stereocenters. The number of carbonyl (C=O) groups is 1. The van der Waals surface area contributed by atoms with Crippen LogP contribution in [0.1, 0.15) is 21.5 Å². The lowest BCUT2D eigenvalue weighted by molar-refractivity contribution is -0.384. The minimum absolute atomic E-state index is 0.0405. The molecule has 0 saturated heterocycles. The zero-order chi connectivity index (χ0) is 15.4. The van der Waals surface area contributed by atoms with Crippen molar-refractivity contribution in [2.24, 2.45) is 0 Å². The molecule has 2 N–H and O–H groups in total. The molecule has 108 valence electrons. The zero-order valence-electron chi connectivity index (χ0n) is 11.4. The minimum atomic E-state index is -0.969. The van der Waals surface area contributed by atoms with E-state index in [1.807, 2.05) is 6.07 Å². The lowest BCUT2D eigenvalue weighted by Crippen LogP contribution is -2.02. The minimum Gasteiger partial charge on any atom is -0.478 e. The Morgan fingerprint density at radius 3 is 2.48 bits per heavy atom. The number of nitro benzene ring substituents is 1. The Bertz CT molecular complexity index is 681. The predicted molar refractivity (Wildman–Crippen MR) is 78.6 cm³/mol. The van der Waals surface area contributed by atoms with Crippen molar-refractivity contribution in [3.8, 4) is 0 Å². The number of aryl methyl sites for hydroxylation is 1. The molecule has 0 spiro atoms. The molecule has 0 bridgehead atoms. The molecule has 0 amide bonds. The van der Waals surface area contributed by atoms with Crippen LogP contribution in [0, 0.1) is 17.0 Å². The summed E-state index contributed by atoms with van der Waals surface area (Å²) in [6.07, 6.45) is 0. The molecule has 0 aliphatic heterocycles. The van der Waals surface area contributed by atoms with Crippen LogP contribution in [0.15, 0.2) is 42.5 Å². The largest absolute Gasteiger partial charge is 0.478 e. The Labute approximate surface area is 121 Å². The number of anilines is 1. The van der Waals surface area contributed by atoms with Gasteiger partial charge < -0.3 is 10.4 Å². The number of non-ortho nitro benzene ring substituents is 1. The normalized spacial score (nSPS) is 10.1. The number of carboxylic acid groups (broad SMARTS) is 1. The summed E-state index contributed by atoms with van der Waals surface area (Å²) in [6.45, 7) is 2.25. The van der Waals surface area contributed by atoms with E-state index < -0.39 is 10.9 Å². The van der Waals surface area contributed by atoms with E-state index in [4.69, 9.17) is 5.11 Å². The summed E-state index contributed by atoms with van der Waals surface area (Å²) >= 11 is 0. The smallest absolute Gasteiger partial charge is 0.335 e. The highest BCUT2D eigenvalue weighted by Gasteiger charge is 2.08.